The van der Waals surface area contributed by atoms with Crippen molar-refractivity contribution in [2.45, 2.75) is 12.2 Å². The van der Waals surface area contributed by atoms with E-state index in [-0.39, 0.29) is 11.7 Å². The van der Waals surface area contributed by atoms with Gasteiger partial charge in [-0.3, -0.25) is 14.9 Å². The van der Waals surface area contributed by atoms with E-state index in [9.17, 15) is 14.9 Å². The number of carbonyl (C=O) groups excluding carboxylic acids is 1. The van der Waals surface area contributed by atoms with Gasteiger partial charge in [0.2, 0.25) is 0 Å². The zero-order chi connectivity index (χ0) is 14.3. The van der Waals surface area contributed by atoms with Gasteiger partial charge >= 0.3 is 5.97 Å². The molecule has 0 aliphatic rings. The first-order valence-electron chi connectivity index (χ1n) is 5.68. The fraction of sp³-hybridized carbons (Fsp3) is 0.417. The summed E-state index contributed by atoms with van der Waals surface area (Å²) in [6, 6.07) is 4.97. The fourth-order valence-electron chi connectivity index (χ4n) is 1.48. The molecular weight excluding hydrogens is 268 g/mol. The molecule has 7 heteroatoms. The highest BCUT2D eigenvalue weighted by Crippen LogP contribution is 2.26. The quantitative estimate of drug-likeness (QED) is 0.358. The molecule has 0 saturated heterocycles. The summed E-state index contributed by atoms with van der Waals surface area (Å²) in [5.74, 6) is 1.13. The van der Waals surface area contributed by atoms with Crippen LogP contribution in [0.1, 0.15) is 12.0 Å². The molecule has 0 aliphatic carbocycles. The van der Waals surface area contributed by atoms with Crippen molar-refractivity contribution in [3.05, 3.63) is 33.9 Å². The van der Waals surface area contributed by atoms with E-state index in [1.165, 1.54) is 13.2 Å². The average Bonchev–Trinajstić information content (AvgIpc) is 2.42. The summed E-state index contributed by atoms with van der Waals surface area (Å²) in [6.45, 7) is 0. The first kappa shape index (κ1) is 15.3. The van der Waals surface area contributed by atoms with Crippen LogP contribution in [-0.2, 0) is 15.3 Å². The second-order valence-electron chi connectivity index (χ2n) is 3.74. The summed E-state index contributed by atoms with van der Waals surface area (Å²) >= 11 is 1.59. The first-order chi connectivity index (χ1) is 9.08. The van der Waals surface area contributed by atoms with Crippen LogP contribution in [-0.4, -0.2) is 30.8 Å². The van der Waals surface area contributed by atoms with Gasteiger partial charge in [0, 0.05) is 24.6 Å². The average molecular weight is 284 g/mol. The van der Waals surface area contributed by atoms with E-state index in [1.807, 2.05) is 0 Å². The molecule has 0 amide bonds. The molecule has 1 N–H and O–H groups in total. The number of hydrogen-bond acceptors (Lipinski definition) is 6. The van der Waals surface area contributed by atoms with Gasteiger partial charge in [0.25, 0.3) is 5.69 Å². The van der Waals surface area contributed by atoms with Gasteiger partial charge in [-0.1, -0.05) is 6.07 Å². The van der Waals surface area contributed by atoms with E-state index in [0.29, 0.717) is 23.6 Å². The van der Waals surface area contributed by atoms with Crippen LogP contribution in [0.25, 0.3) is 0 Å². The van der Waals surface area contributed by atoms with Crippen LogP contribution in [0.2, 0.25) is 0 Å². The highest BCUT2D eigenvalue weighted by molar-refractivity contribution is 7.98. The molecule has 0 bridgehead atoms. The van der Waals surface area contributed by atoms with E-state index in [4.69, 9.17) is 0 Å². The smallest absolute Gasteiger partial charge is 0.306 e. The number of esters is 1. The maximum Gasteiger partial charge on any atom is 0.306 e. The summed E-state index contributed by atoms with van der Waals surface area (Å²) in [5.41, 5.74) is 1.53. The van der Waals surface area contributed by atoms with E-state index in [1.54, 1.807) is 30.9 Å². The summed E-state index contributed by atoms with van der Waals surface area (Å²) in [4.78, 5) is 21.3. The van der Waals surface area contributed by atoms with Crippen molar-refractivity contribution in [3.63, 3.8) is 0 Å². The summed E-state index contributed by atoms with van der Waals surface area (Å²) in [6.07, 6.45) is 0.368. The van der Waals surface area contributed by atoms with Crippen molar-refractivity contribution in [1.29, 1.82) is 0 Å². The number of nitrogens with zero attached hydrogens (tertiary/aromatic N) is 1. The number of nitrogens with one attached hydrogen (secondary N) is 1. The van der Waals surface area contributed by atoms with Crippen molar-refractivity contribution in [1.82, 2.24) is 0 Å². The Kier molecular flexibility index (Phi) is 6.14. The minimum Gasteiger partial charge on any atom is -0.469 e. The van der Waals surface area contributed by atoms with Crippen molar-refractivity contribution in [2.24, 2.45) is 0 Å². The zero-order valence-electron chi connectivity index (χ0n) is 10.8. The molecule has 0 saturated carbocycles. The highest BCUT2D eigenvalue weighted by Gasteiger charge is 2.12. The van der Waals surface area contributed by atoms with Gasteiger partial charge < -0.3 is 10.1 Å². The Morgan fingerprint density at radius 2 is 2.26 bits per heavy atom. The minimum atomic E-state index is -0.417. The third-order valence-corrected chi connectivity index (χ3v) is 3.50. The molecule has 6 nitrogen and oxygen atoms in total. The summed E-state index contributed by atoms with van der Waals surface area (Å²) < 4.78 is 4.54. The van der Waals surface area contributed by atoms with Crippen LogP contribution in [0, 0.1) is 10.1 Å². The Bertz CT molecular complexity index is 465. The Morgan fingerprint density at radius 3 is 2.84 bits per heavy atom. The molecule has 0 heterocycles. The minimum absolute atomic E-state index is 0.0609. The third-order valence-electron chi connectivity index (χ3n) is 2.47. The number of anilines is 1. The van der Waals surface area contributed by atoms with Crippen LogP contribution in [0.4, 0.5) is 11.4 Å². The Hall–Kier alpha value is -1.76. The summed E-state index contributed by atoms with van der Waals surface area (Å²) in [5, 5.41) is 13.6. The lowest BCUT2D eigenvalue weighted by atomic mass is 10.2. The van der Waals surface area contributed by atoms with Crippen LogP contribution in [0.15, 0.2) is 18.2 Å². The molecule has 0 unspecified atom stereocenters. The van der Waals surface area contributed by atoms with Crippen LogP contribution < -0.4 is 5.32 Å². The Balaban J connectivity index is 2.55. The third kappa shape index (κ3) is 4.78. The SMILES string of the molecule is CNc1cc(CSCCC(=O)OC)ccc1[N+](=O)[O-]. The van der Waals surface area contributed by atoms with Gasteiger partial charge in [-0.2, -0.15) is 11.8 Å². The number of benzene rings is 1. The van der Waals surface area contributed by atoms with Gasteiger partial charge in [-0.25, -0.2) is 0 Å². The second kappa shape index (κ2) is 7.63. The Labute approximate surface area is 115 Å². The molecule has 0 fully saturated rings. The topological polar surface area (TPSA) is 81.5 Å². The molecule has 0 radical (unpaired) electrons. The van der Waals surface area contributed by atoms with Crippen LogP contribution in [0.5, 0.6) is 0 Å². The molecule has 1 aromatic rings. The van der Waals surface area contributed by atoms with Crippen molar-refractivity contribution in [3.8, 4) is 0 Å². The molecule has 1 rings (SSSR count). The van der Waals surface area contributed by atoms with E-state index >= 15 is 0 Å². The fourth-order valence-corrected chi connectivity index (χ4v) is 2.35. The van der Waals surface area contributed by atoms with Gasteiger partial charge in [0.1, 0.15) is 5.69 Å². The number of rotatable bonds is 7. The van der Waals surface area contributed by atoms with Gasteiger partial charge in [0.05, 0.1) is 18.5 Å². The Morgan fingerprint density at radius 1 is 1.53 bits per heavy atom. The molecular formula is C12H16N2O4S. The van der Waals surface area contributed by atoms with Crippen molar-refractivity contribution >= 4 is 29.1 Å². The molecule has 1 aromatic carbocycles. The monoisotopic (exact) mass is 284 g/mol. The van der Waals surface area contributed by atoms with E-state index in [0.717, 1.165) is 5.56 Å². The summed E-state index contributed by atoms with van der Waals surface area (Å²) in [7, 11) is 3.01. The first-order valence-corrected chi connectivity index (χ1v) is 6.83. The zero-order valence-corrected chi connectivity index (χ0v) is 11.7. The number of nitro groups is 1. The maximum atomic E-state index is 10.9. The number of thioether (sulfide) groups is 1. The maximum absolute atomic E-state index is 10.9. The standard InChI is InChI=1S/C12H16N2O4S/c1-13-10-7-9(3-4-11(10)14(16)17)8-19-6-5-12(15)18-2/h3-4,7,13H,5-6,8H2,1-2H3. The predicted octanol–water partition coefficient (Wildman–Crippen LogP) is 2.43. The molecule has 0 aromatic heterocycles. The van der Waals surface area contributed by atoms with Crippen LogP contribution in [0.3, 0.4) is 0 Å². The molecule has 0 spiro atoms. The predicted molar refractivity (Wildman–Crippen MR) is 75.4 cm³/mol. The number of nitro benzene ring substituents is 1. The number of hydrogen-bond donors (Lipinski definition) is 1. The largest absolute Gasteiger partial charge is 0.469 e. The number of methoxy groups -OCH3 is 1. The van der Waals surface area contributed by atoms with Crippen molar-refractivity contribution in [2.75, 3.05) is 25.2 Å². The van der Waals surface area contributed by atoms with Gasteiger partial charge in [-0.05, 0) is 11.6 Å². The molecule has 19 heavy (non-hydrogen) atoms. The van der Waals surface area contributed by atoms with E-state index < -0.39 is 4.92 Å². The number of ether oxygens (including phenoxy) is 1. The lowest BCUT2D eigenvalue weighted by Crippen LogP contribution is -2.01. The normalized spacial score (nSPS) is 10.0. The molecule has 0 atom stereocenters. The van der Waals surface area contributed by atoms with E-state index in [2.05, 4.69) is 10.1 Å². The number of carbonyl (C=O) groups is 1. The van der Waals surface area contributed by atoms with Gasteiger partial charge in [-0.15, -0.1) is 0 Å². The highest BCUT2D eigenvalue weighted by atomic mass is 32.2. The second-order valence-corrected chi connectivity index (χ2v) is 4.84. The lowest BCUT2D eigenvalue weighted by Gasteiger charge is -2.06. The van der Waals surface area contributed by atoms with Gasteiger partial charge in [0.15, 0.2) is 0 Å². The molecule has 104 valence electrons. The molecule has 0 aliphatic heterocycles. The van der Waals surface area contributed by atoms with Crippen LogP contribution >= 0.6 is 11.8 Å². The lowest BCUT2D eigenvalue weighted by molar-refractivity contribution is -0.383. The van der Waals surface area contributed by atoms with Crippen molar-refractivity contribution < 1.29 is 14.5 Å².